The van der Waals surface area contributed by atoms with Gasteiger partial charge in [-0.15, -0.1) is 0 Å². The van der Waals surface area contributed by atoms with Crippen molar-refractivity contribution in [2.45, 2.75) is 84.1 Å². The molecule has 2 rings (SSSR count). The minimum atomic E-state index is 0.687. The summed E-state index contributed by atoms with van der Waals surface area (Å²) in [7, 11) is 0. The van der Waals surface area contributed by atoms with Crippen LogP contribution in [-0.2, 0) is 6.42 Å². The van der Waals surface area contributed by atoms with Crippen LogP contribution in [0.3, 0.4) is 0 Å². The summed E-state index contributed by atoms with van der Waals surface area (Å²) < 4.78 is 0. The maximum Gasteiger partial charge on any atom is 0.0342 e. The average Bonchev–Trinajstić information content (AvgIpc) is 2.74. The Balaban J connectivity index is 1.79. The van der Waals surface area contributed by atoms with Gasteiger partial charge in [0.2, 0.25) is 0 Å². The molecule has 21 heavy (non-hydrogen) atoms. The molecule has 118 valence electrons. The Kier molecular flexibility index (Phi) is 7.12. The van der Waals surface area contributed by atoms with Gasteiger partial charge in [0.25, 0.3) is 0 Å². The van der Waals surface area contributed by atoms with Crippen molar-refractivity contribution in [2.24, 2.45) is 5.92 Å². The number of aryl methyl sites for hydroxylation is 1. The van der Waals surface area contributed by atoms with E-state index in [-0.39, 0.29) is 0 Å². The van der Waals surface area contributed by atoms with Gasteiger partial charge < -0.3 is 5.32 Å². The van der Waals surface area contributed by atoms with Crippen LogP contribution in [0.5, 0.6) is 0 Å². The van der Waals surface area contributed by atoms with Crippen LogP contribution < -0.4 is 5.32 Å². The van der Waals surface area contributed by atoms with E-state index in [0.29, 0.717) is 6.04 Å². The summed E-state index contributed by atoms with van der Waals surface area (Å²) in [6.07, 6.45) is 13.5. The van der Waals surface area contributed by atoms with E-state index in [1.807, 2.05) is 0 Å². The first kappa shape index (κ1) is 16.4. The molecule has 1 fully saturated rings. The average molecular weight is 287 g/mol. The molecule has 1 aromatic carbocycles. The molecule has 0 aromatic heterocycles. The van der Waals surface area contributed by atoms with Crippen molar-refractivity contribution in [3.63, 3.8) is 0 Å². The molecule has 2 unspecified atom stereocenters. The standard InChI is InChI=1S/C20H33N/c1-3-5-6-8-18-12-15-20(16-13-18)21-19-10-7-9-17(4-2)11-14-19/h12-13,15-17,19,21H,3-11,14H2,1-2H3. The van der Waals surface area contributed by atoms with E-state index < -0.39 is 0 Å². The van der Waals surface area contributed by atoms with Crippen LogP contribution in [0.1, 0.15) is 77.2 Å². The number of benzene rings is 1. The second kappa shape index (κ2) is 9.12. The number of anilines is 1. The molecule has 0 radical (unpaired) electrons. The fourth-order valence-corrected chi connectivity index (χ4v) is 3.51. The van der Waals surface area contributed by atoms with Crippen LogP contribution in [0.15, 0.2) is 24.3 Å². The van der Waals surface area contributed by atoms with Crippen LogP contribution in [0.25, 0.3) is 0 Å². The van der Waals surface area contributed by atoms with Crippen LogP contribution >= 0.6 is 0 Å². The van der Waals surface area contributed by atoms with Crippen molar-refractivity contribution < 1.29 is 0 Å². The Morgan fingerprint density at radius 1 is 0.952 bits per heavy atom. The molecular weight excluding hydrogens is 254 g/mol. The molecule has 0 amide bonds. The number of hydrogen-bond acceptors (Lipinski definition) is 1. The van der Waals surface area contributed by atoms with E-state index in [1.165, 1.54) is 75.5 Å². The molecule has 1 N–H and O–H groups in total. The number of hydrogen-bond donors (Lipinski definition) is 1. The minimum absolute atomic E-state index is 0.687. The molecule has 1 aromatic rings. The van der Waals surface area contributed by atoms with Crippen molar-refractivity contribution in [1.82, 2.24) is 0 Å². The lowest BCUT2D eigenvalue weighted by atomic mass is 9.98. The zero-order valence-corrected chi connectivity index (χ0v) is 14.0. The van der Waals surface area contributed by atoms with Gasteiger partial charge in [-0.05, 0) is 55.7 Å². The Bertz CT molecular complexity index is 381. The lowest BCUT2D eigenvalue weighted by Crippen LogP contribution is -2.18. The highest BCUT2D eigenvalue weighted by molar-refractivity contribution is 5.45. The molecular formula is C20H33N. The molecule has 1 nitrogen and oxygen atoms in total. The summed E-state index contributed by atoms with van der Waals surface area (Å²) >= 11 is 0. The first-order valence-corrected chi connectivity index (χ1v) is 9.17. The summed E-state index contributed by atoms with van der Waals surface area (Å²) in [5.74, 6) is 0.970. The Morgan fingerprint density at radius 2 is 1.76 bits per heavy atom. The van der Waals surface area contributed by atoms with Gasteiger partial charge in [0.05, 0.1) is 0 Å². The van der Waals surface area contributed by atoms with E-state index >= 15 is 0 Å². The summed E-state index contributed by atoms with van der Waals surface area (Å²) in [5.41, 5.74) is 2.80. The molecule has 2 atom stereocenters. The van der Waals surface area contributed by atoms with E-state index in [2.05, 4.69) is 43.4 Å². The largest absolute Gasteiger partial charge is 0.382 e. The lowest BCUT2D eigenvalue weighted by molar-refractivity contribution is 0.444. The zero-order chi connectivity index (χ0) is 14.9. The monoisotopic (exact) mass is 287 g/mol. The first-order chi connectivity index (χ1) is 10.3. The van der Waals surface area contributed by atoms with Gasteiger partial charge in [-0.3, -0.25) is 0 Å². The van der Waals surface area contributed by atoms with Gasteiger partial charge in [-0.2, -0.15) is 0 Å². The summed E-state index contributed by atoms with van der Waals surface area (Å²) in [6.45, 7) is 4.61. The topological polar surface area (TPSA) is 12.0 Å². The second-order valence-corrected chi connectivity index (χ2v) is 6.78. The highest BCUT2D eigenvalue weighted by atomic mass is 14.9. The van der Waals surface area contributed by atoms with Crippen LogP contribution in [-0.4, -0.2) is 6.04 Å². The number of rotatable bonds is 7. The van der Waals surface area contributed by atoms with Gasteiger partial charge in [0.15, 0.2) is 0 Å². The third-order valence-corrected chi connectivity index (χ3v) is 5.06. The fraction of sp³-hybridized carbons (Fsp3) is 0.700. The molecule has 1 aliphatic carbocycles. The van der Waals surface area contributed by atoms with E-state index in [4.69, 9.17) is 0 Å². The summed E-state index contributed by atoms with van der Waals surface area (Å²) in [4.78, 5) is 0. The molecule has 1 heteroatoms. The van der Waals surface area contributed by atoms with Gasteiger partial charge in [-0.1, -0.05) is 58.1 Å². The summed E-state index contributed by atoms with van der Waals surface area (Å²) in [6, 6.07) is 9.87. The van der Waals surface area contributed by atoms with Gasteiger partial charge in [-0.25, -0.2) is 0 Å². The predicted molar refractivity (Wildman–Crippen MR) is 93.9 cm³/mol. The zero-order valence-electron chi connectivity index (χ0n) is 14.0. The third-order valence-electron chi connectivity index (χ3n) is 5.06. The highest BCUT2D eigenvalue weighted by Crippen LogP contribution is 2.27. The normalized spacial score (nSPS) is 22.8. The second-order valence-electron chi connectivity index (χ2n) is 6.78. The van der Waals surface area contributed by atoms with Gasteiger partial charge >= 0.3 is 0 Å². The van der Waals surface area contributed by atoms with Crippen molar-refractivity contribution in [3.05, 3.63) is 29.8 Å². The Labute approximate surface area is 131 Å². The molecule has 0 heterocycles. The Hall–Kier alpha value is -0.980. The van der Waals surface area contributed by atoms with Gasteiger partial charge in [0, 0.05) is 11.7 Å². The summed E-state index contributed by atoms with van der Waals surface area (Å²) in [5, 5.41) is 3.76. The maximum atomic E-state index is 3.76. The molecule has 0 aliphatic heterocycles. The van der Waals surface area contributed by atoms with Crippen LogP contribution in [0, 0.1) is 5.92 Å². The fourth-order valence-electron chi connectivity index (χ4n) is 3.51. The maximum absolute atomic E-state index is 3.76. The quantitative estimate of drug-likeness (QED) is 0.465. The number of unbranched alkanes of at least 4 members (excludes halogenated alkanes) is 2. The molecule has 1 saturated carbocycles. The number of nitrogens with one attached hydrogen (secondary N) is 1. The molecule has 0 saturated heterocycles. The SMILES string of the molecule is CCCCCc1ccc(NC2CCCC(CC)CC2)cc1. The first-order valence-electron chi connectivity index (χ1n) is 9.17. The lowest BCUT2D eigenvalue weighted by Gasteiger charge is -2.18. The van der Waals surface area contributed by atoms with E-state index in [9.17, 15) is 0 Å². The van der Waals surface area contributed by atoms with Crippen LogP contribution in [0.2, 0.25) is 0 Å². The van der Waals surface area contributed by atoms with Crippen molar-refractivity contribution in [1.29, 1.82) is 0 Å². The highest BCUT2D eigenvalue weighted by Gasteiger charge is 2.17. The Morgan fingerprint density at radius 3 is 2.48 bits per heavy atom. The van der Waals surface area contributed by atoms with Gasteiger partial charge in [0.1, 0.15) is 0 Å². The minimum Gasteiger partial charge on any atom is -0.382 e. The predicted octanol–water partition coefficient (Wildman–Crippen LogP) is 6.19. The third kappa shape index (κ3) is 5.73. The molecule has 0 bridgehead atoms. The van der Waals surface area contributed by atoms with Crippen molar-refractivity contribution >= 4 is 5.69 Å². The smallest absolute Gasteiger partial charge is 0.0342 e. The van der Waals surface area contributed by atoms with E-state index in [0.717, 1.165) is 5.92 Å². The van der Waals surface area contributed by atoms with Crippen molar-refractivity contribution in [2.75, 3.05) is 5.32 Å². The molecule has 1 aliphatic rings. The molecule has 0 spiro atoms. The van der Waals surface area contributed by atoms with Crippen molar-refractivity contribution in [3.8, 4) is 0 Å². The van der Waals surface area contributed by atoms with Crippen LogP contribution in [0.4, 0.5) is 5.69 Å². The van der Waals surface area contributed by atoms with E-state index in [1.54, 1.807) is 0 Å².